The van der Waals surface area contributed by atoms with E-state index in [0.29, 0.717) is 11.9 Å². The van der Waals surface area contributed by atoms with Gasteiger partial charge in [-0.05, 0) is 56.4 Å². The van der Waals surface area contributed by atoms with Crippen LogP contribution in [0.2, 0.25) is 0 Å². The summed E-state index contributed by atoms with van der Waals surface area (Å²) < 4.78 is 5.20. The quantitative estimate of drug-likeness (QED) is 0.895. The van der Waals surface area contributed by atoms with Crippen molar-refractivity contribution in [2.75, 3.05) is 5.32 Å². The first-order valence-electron chi connectivity index (χ1n) is 6.38. The molecule has 1 aromatic carbocycles. The third-order valence-corrected chi connectivity index (χ3v) is 3.55. The van der Waals surface area contributed by atoms with E-state index in [9.17, 15) is 0 Å². The first kappa shape index (κ1) is 11.3. The van der Waals surface area contributed by atoms with Crippen molar-refractivity contribution in [2.45, 2.75) is 32.7 Å². The van der Waals surface area contributed by atoms with E-state index in [0.717, 1.165) is 11.5 Å². The Morgan fingerprint density at radius 1 is 1.39 bits per heavy atom. The molecule has 3 rings (SSSR count). The zero-order valence-electron chi connectivity index (χ0n) is 10.7. The highest BCUT2D eigenvalue weighted by Crippen LogP contribution is 2.34. The summed E-state index contributed by atoms with van der Waals surface area (Å²) in [6.07, 6.45) is 4.06. The molecule has 18 heavy (non-hydrogen) atoms. The molecule has 0 aliphatic heterocycles. The first-order chi connectivity index (χ1) is 8.74. The van der Waals surface area contributed by atoms with Crippen LogP contribution < -0.4 is 5.32 Å². The van der Waals surface area contributed by atoms with Gasteiger partial charge in [0.15, 0.2) is 0 Å². The van der Waals surface area contributed by atoms with E-state index in [2.05, 4.69) is 41.5 Å². The van der Waals surface area contributed by atoms with Crippen molar-refractivity contribution in [3.8, 4) is 11.5 Å². The fourth-order valence-corrected chi connectivity index (χ4v) is 2.22. The van der Waals surface area contributed by atoms with Gasteiger partial charge in [0.2, 0.25) is 12.3 Å². The monoisotopic (exact) mass is 243 g/mol. The lowest BCUT2D eigenvalue weighted by atomic mass is 10.1. The zero-order valence-corrected chi connectivity index (χ0v) is 10.7. The maximum Gasteiger partial charge on any atom is 0.247 e. The molecule has 1 aliphatic rings. The van der Waals surface area contributed by atoms with Gasteiger partial charge in [-0.1, -0.05) is 0 Å². The number of anilines is 1. The number of benzene rings is 1. The topological polar surface area (TPSA) is 51.0 Å². The van der Waals surface area contributed by atoms with Gasteiger partial charge in [-0.3, -0.25) is 0 Å². The van der Waals surface area contributed by atoms with Crippen LogP contribution in [0.1, 0.15) is 25.3 Å². The minimum Gasteiger partial charge on any atom is -0.423 e. The van der Waals surface area contributed by atoms with Gasteiger partial charge in [0.25, 0.3) is 0 Å². The predicted octanol–water partition coefficient (Wildman–Crippen LogP) is 3.26. The molecular weight excluding hydrogens is 226 g/mol. The largest absolute Gasteiger partial charge is 0.423 e. The summed E-state index contributed by atoms with van der Waals surface area (Å²) in [5.74, 6) is 1.42. The second-order valence-corrected chi connectivity index (χ2v) is 5.04. The van der Waals surface area contributed by atoms with Gasteiger partial charge in [-0.2, -0.15) is 0 Å². The Hall–Kier alpha value is -1.84. The van der Waals surface area contributed by atoms with E-state index < -0.39 is 0 Å². The maximum atomic E-state index is 5.20. The minimum atomic E-state index is 0.554. The number of aromatic nitrogens is 2. The lowest BCUT2D eigenvalue weighted by Gasteiger charge is -2.16. The van der Waals surface area contributed by atoms with Crippen molar-refractivity contribution < 1.29 is 4.42 Å². The third kappa shape index (κ3) is 2.23. The molecule has 1 heterocycles. The fraction of sp³-hybridized carbons (Fsp3) is 0.429. The van der Waals surface area contributed by atoms with Gasteiger partial charge < -0.3 is 9.73 Å². The highest BCUT2D eigenvalue weighted by molar-refractivity contribution is 5.62. The molecule has 1 aromatic heterocycles. The standard InChI is InChI=1S/C14H17N3O/c1-9-7-12(14-17-15-8-18-14)5-6-13(9)16-10(2)11-3-4-11/h5-8,10-11,16H,3-4H2,1-2H3. The molecule has 0 bridgehead atoms. The third-order valence-electron chi connectivity index (χ3n) is 3.55. The summed E-state index contributed by atoms with van der Waals surface area (Å²) in [4.78, 5) is 0. The molecule has 0 amide bonds. The Bertz CT molecular complexity index is 532. The Morgan fingerprint density at radius 3 is 2.83 bits per heavy atom. The van der Waals surface area contributed by atoms with Gasteiger partial charge in [-0.15, -0.1) is 10.2 Å². The van der Waals surface area contributed by atoms with Crippen LogP contribution in [-0.2, 0) is 0 Å². The predicted molar refractivity (Wildman–Crippen MR) is 70.3 cm³/mol. The maximum absolute atomic E-state index is 5.20. The Balaban J connectivity index is 1.80. The van der Waals surface area contributed by atoms with Gasteiger partial charge in [0.1, 0.15) is 0 Å². The minimum absolute atomic E-state index is 0.554. The normalized spacial score (nSPS) is 16.6. The smallest absolute Gasteiger partial charge is 0.247 e. The van der Waals surface area contributed by atoms with Crippen LogP contribution in [0.25, 0.3) is 11.5 Å². The van der Waals surface area contributed by atoms with Crippen LogP contribution in [0, 0.1) is 12.8 Å². The summed E-state index contributed by atoms with van der Waals surface area (Å²) >= 11 is 0. The van der Waals surface area contributed by atoms with E-state index in [-0.39, 0.29) is 0 Å². The van der Waals surface area contributed by atoms with Crippen molar-refractivity contribution in [2.24, 2.45) is 5.92 Å². The molecule has 2 aromatic rings. The molecule has 1 saturated carbocycles. The number of hydrogen-bond acceptors (Lipinski definition) is 4. The van der Waals surface area contributed by atoms with Crippen molar-refractivity contribution in [3.05, 3.63) is 30.2 Å². The molecule has 4 nitrogen and oxygen atoms in total. The molecule has 1 aliphatic carbocycles. The van der Waals surface area contributed by atoms with Gasteiger partial charge in [0, 0.05) is 17.3 Å². The van der Waals surface area contributed by atoms with Gasteiger partial charge in [-0.25, -0.2) is 0 Å². The summed E-state index contributed by atoms with van der Waals surface area (Å²) in [5, 5.41) is 11.2. The van der Waals surface area contributed by atoms with Crippen molar-refractivity contribution in [3.63, 3.8) is 0 Å². The Labute approximate surface area is 106 Å². The van der Waals surface area contributed by atoms with E-state index in [1.165, 1.54) is 30.5 Å². The summed E-state index contributed by atoms with van der Waals surface area (Å²) in [6, 6.07) is 6.74. The van der Waals surface area contributed by atoms with Gasteiger partial charge in [0.05, 0.1) is 0 Å². The lowest BCUT2D eigenvalue weighted by Crippen LogP contribution is -2.17. The number of nitrogens with one attached hydrogen (secondary N) is 1. The van der Waals surface area contributed by atoms with Crippen LogP contribution in [0.3, 0.4) is 0 Å². The lowest BCUT2D eigenvalue weighted by molar-refractivity contribution is 0.568. The van der Waals surface area contributed by atoms with Crippen LogP contribution in [-0.4, -0.2) is 16.2 Å². The molecule has 1 unspecified atom stereocenters. The fourth-order valence-electron chi connectivity index (χ4n) is 2.22. The summed E-state index contributed by atoms with van der Waals surface area (Å²) in [7, 11) is 0. The Morgan fingerprint density at radius 2 is 2.22 bits per heavy atom. The van der Waals surface area contributed by atoms with Crippen LogP contribution >= 0.6 is 0 Å². The van der Waals surface area contributed by atoms with Crippen molar-refractivity contribution in [1.82, 2.24) is 10.2 Å². The number of rotatable bonds is 4. The second-order valence-electron chi connectivity index (χ2n) is 5.04. The van der Waals surface area contributed by atoms with E-state index >= 15 is 0 Å². The summed E-state index contributed by atoms with van der Waals surface area (Å²) in [5.41, 5.74) is 3.37. The SMILES string of the molecule is Cc1cc(-c2nnco2)ccc1NC(C)C1CC1. The first-order valence-corrected chi connectivity index (χ1v) is 6.38. The molecule has 94 valence electrons. The van der Waals surface area contributed by atoms with Crippen LogP contribution in [0.15, 0.2) is 29.0 Å². The average molecular weight is 243 g/mol. The Kier molecular flexibility index (Phi) is 2.78. The highest BCUT2D eigenvalue weighted by atomic mass is 16.4. The van der Waals surface area contributed by atoms with E-state index in [1.54, 1.807) is 0 Å². The number of aryl methyl sites for hydroxylation is 1. The van der Waals surface area contributed by atoms with Crippen molar-refractivity contribution >= 4 is 5.69 Å². The van der Waals surface area contributed by atoms with Crippen LogP contribution in [0.5, 0.6) is 0 Å². The van der Waals surface area contributed by atoms with Gasteiger partial charge >= 0.3 is 0 Å². The van der Waals surface area contributed by atoms with Crippen molar-refractivity contribution in [1.29, 1.82) is 0 Å². The zero-order chi connectivity index (χ0) is 12.5. The average Bonchev–Trinajstić information content (AvgIpc) is 3.07. The molecule has 1 N–H and O–H groups in total. The molecule has 0 spiro atoms. The molecule has 1 atom stereocenters. The van der Waals surface area contributed by atoms with E-state index in [1.807, 2.05) is 6.07 Å². The highest BCUT2D eigenvalue weighted by Gasteiger charge is 2.27. The number of hydrogen-bond donors (Lipinski definition) is 1. The second kappa shape index (κ2) is 4.44. The van der Waals surface area contributed by atoms with Crippen LogP contribution in [0.4, 0.5) is 5.69 Å². The molecular formula is C14H17N3O. The molecule has 1 fully saturated rings. The summed E-state index contributed by atoms with van der Waals surface area (Å²) in [6.45, 7) is 4.35. The van der Waals surface area contributed by atoms with E-state index in [4.69, 9.17) is 4.42 Å². The molecule has 4 heteroatoms. The molecule has 0 saturated heterocycles. The number of nitrogens with zero attached hydrogens (tertiary/aromatic N) is 2. The molecule has 0 radical (unpaired) electrons.